The van der Waals surface area contributed by atoms with Crippen LogP contribution in [0.3, 0.4) is 0 Å². The minimum absolute atomic E-state index is 0.0212. The number of amides is 1. The second-order valence-corrected chi connectivity index (χ2v) is 19.5. The number of aliphatic hydroxyl groups is 1. The van der Waals surface area contributed by atoms with Crippen LogP contribution in [0.5, 0.6) is 0 Å². The van der Waals surface area contributed by atoms with Crippen LogP contribution in [-0.2, 0) is 18.4 Å². The van der Waals surface area contributed by atoms with Crippen molar-refractivity contribution in [1.82, 2.24) is 5.32 Å². The van der Waals surface area contributed by atoms with Gasteiger partial charge in [0.15, 0.2) is 0 Å². The number of likely N-dealkylation sites (N-methyl/N-ethyl adjacent to an activating group) is 1. The molecule has 67 heavy (non-hydrogen) atoms. The third-order valence-electron chi connectivity index (χ3n) is 10.6. The van der Waals surface area contributed by atoms with Crippen molar-refractivity contribution in [3.05, 3.63) is 134 Å². The molecule has 0 aliphatic carbocycles. The number of unbranched alkanes of at least 4 members (excludes halogenated alkanes) is 12. The monoisotopic (exact) mass is 949 g/mol. The van der Waals surface area contributed by atoms with Crippen molar-refractivity contribution >= 4 is 13.7 Å². The van der Waals surface area contributed by atoms with Gasteiger partial charge in [-0.3, -0.25) is 9.36 Å². The van der Waals surface area contributed by atoms with E-state index in [1.807, 2.05) is 27.2 Å². The third kappa shape index (κ3) is 50.3. The van der Waals surface area contributed by atoms with E-state index in [1.54, 1.807) is 6.08 Å². The summed E-state index contributed by atoms with van der Waals surface area (Å²) in [5, 5.41) is 13.8. The maximum Gasteiger partial charge on any atom is 0.268 e. The summed E-state index contributed by atoms with van der Waals surface area (Å²) < 4.78 is 23.2. The zero-order chi connectivity index (χ0) is 49.2. The number of aliphatic hydroxyl groups excluding tert-OH is 1. The molecule has 3 unspecified atom stereocenters. The summed E-state index contributed by atoms with van der Waals surface area (Å²) in [7, 11) is 1.20. The molecule has 380 valence electrons. The van der Waals surface area contributed by atoms with E-state index in [4.69, 9.17) is 9.05 Å². The molecule has 0 radical (unpaired) electrons. The zero-order valence-corrected chi connectivity index (χ0v) is 43.9. The van der Waals surface area contributed by atoms with Crippen LogP contribution in [0, 0.1) is 0 Å². The van der Waals surface area contributed by atoms with Gasteiger partial charge in [-0.1, -0.05) is 199 Å². The molecule has 0 aliphatic heterocycles. The minimum atomic E-state index is -4.62. The van der Waals surface area contributed by atoms with E-state index in [9.17, 15) is 19.4 Å². The first-order chi connectivity index (χ1) is 32.5. The molecule has 0 aliphatic rings. The lowest BCUT2D eigenvalue weighted by Gasteiger charge is -2.29. The highest BCUT2D eigenvalue weighted by Gasteiger charge is 2.23. The molecule has 0 saturated heterocycles. The Morgan fingerprint density at radius 3 is 1.39 bits per heavy atom. The maximum atomic E-state index is 12.9. The second kappa shape index (κ2) is 47.7. The number of hydrogen-bond donors (Lipinski definition) is 2. The fraction of sp³-hybridized carbons (Fsp3) is 0.603. The van der Waals surface area contributed by atoms with Crippen LogP contribution >= 0.6 is 7.82 Å². The van der Waals surface area contributed by atoms with Gasteiger partial charge < -0.3 is 28.8 Å². The van der Waals surface area contributed by atoms with E-state index < -0.39 is 26.6 Å². The van der Waals surface area contributed by atoms with Crippen LogP contribution in [0.15, 0.2) is 134 Å². The topological polar surface area (TPSA) is 108 Å². The van der Waals surface area contributed by atoms with Crippen LogP contribution in [0.1, 0.15) is 174 Å². The van der Waals surface area contributed by atoms with Crippen LogP contribution in [-0.4, -0.2) is 68.5 Å². The lowest BCUT2D eigenvalue weighted by Crippen LogP contribution is -2.45. The van der Waals surface area contributed by atoms with Gasteiger partial charge in [-0.2, -0.15) is 0 Å². The van der Waals surface area contributed by atoms with Crippen LogP contribution in [0.4, 0.5) is 0 Å². The SMILES string of the molecule is CC/C=C\C/C=C\C/C=C\C/C=C\C/C=C\C/C=C\C/C=C\C/C=C\C/C=C\CCCCCC(=O)NC(COP(=O)([O-])OCC[N+](C)(C)C)C(O)/C=C/CC/C=C/CCCCCCCCCC. The Labute approximate surface area is 411 Å². The molecule has 2 N–H and O–H groups in total. The molecule has 1 amide bonds. The van der Waals surface area contributed by atoms with E-state index in [0.29, 0.717) is 17.4 Å². The molecule has 3 atom stereocenters. The van der Waals surface area contributed by atoms with Gasteiger partial charge in [-0.05, 0) is 103 Å². The van der Waals surface area contributed by atoms with Crippen LogP contribution in [0.25, 0.3) is 0 Å². The van der Waals surface area contributed by atoms with Crippen molar-refractivity contribution in [3.63, 3.8) is 0 Å². The number of phosphoric acid groups is 1. The van der Waals surface area contributed by atoms with Crippen molar-refractivity contribution in [2.45, 2.75) is 187 Å². The number of rotatable bonds is 45. The highest BCUT2D eigenvalue weighted by atomic mass is 31.2. The number of quaternary nitrogens is 1. The molecule has 0 aromatic carbocycles. The lowest BCUT2D eigenvalue weighted by atomic mass is 10.1. The maximum absolute atomic E-state index is 12.9. The summed E-state index contributed by atoms with van der Waals surface area (Å²) in [4.78, 5) is 25.4. The number of carbonyl (C=O) groups excluding carboxylic acids is 1. The van der Waals surface area contributed by atoms with Crippen LogP contribution in [0.2, 0.25) is 0 Å². The normalized spacial score (nSPS) is 15.1. The summed E-state index contributed by atoms with van der Waals surface area (Å²) >= 11 is 0. The van der Waals surface area contributed by atoms with Gasteiger partial charge in [0.2, 0.25) is 5.91 Å². The lowest BCUT2D eigenvalue weighted by molar-refractivity contribution is -0.870. The molecule has 8 nitrogen and oxygen atoms in total. The Kier molecular flexibility index (Phi) is 45.3. The van der Waals surface area contributed by atoms with Gasteiger partial charge in [-0.25, -0.2) is 0 Å². The number of allylic oxidation sites excluding steroid dienone is 21. The number of nitrogens with one attached hydrogen (secondary N) is 1. The predicted octanol–water partition coefficient (Wildman–Crippen LogP) is 15.0. The molecule has 0 aromatic heterocycles. The van der Waals surface area contributed by atoms with E-state index in [-0.39, 0.29) is 18.9 Å². The number of hydrogen-bond acceptors (Lipinski definition) is 6. The van der Waals surface area contributed by atoms with Gasteiger partial charge in [0.05, 0.1) is 39.9 Å². The number of carbonyl (C=O) groups is 1. The average molecular weight is 949 g/mol. The van der Waals surface area contributed by atoms with Crippen molar-refractivity contribution in [1.29, 1.82) is 0 Å². The van der Waals surface area contributed by atoms with Crippen molar-refractivity contribution < 1.29 is 32.9 Å². The molecule has 0 aromatic rings. The molecular weight excluding hydrogens is 852 g/mol. The van der Waals surface area contributed by atoms with Crippen molar-refractivity contribution in [2.75, 3.05) is 40.9 Å². The summed E-state index contributed by atoms with van der Waals surface area (Å²) in [5.74, 6) is -0.247. The third-order valence-corrected chi connectivity index (χ3v) is 11.6. The quantitative estimate of drug-likeness (QED) is 0.0272. The van der Waals surface area contributed by atoms with E-state index >= 15 is 0 Å². The summed E-state index contributed by atoms with van der Waals surface area (Å²) in [5.41, 5.74) is 0. The summed E-state index contributed by atoms with van der Waals surface area (Å²) in [6.45, 7) is 4.45. The van der Waals surface area contributed by atoms with E-state index in [1.165, 1.54) is 51.4 Å². The molecule has 9 heteroatoms. The van der Waals surface area contributed by atoms with Gasteiger partial charge in [0.1, 0.15) is 13.2 Å². The van der Waals surface area contributed by atoms with E-state index in [2.05, 4.69) is 141 Å². The molecule has 0 fully saturated rings. The first-order valence-electron chi connectivity index (χ1n) is 26.0. The average Bonchev–Trinajstić information content (AvgIpc) is 3.29. The zero-order valence-electron chi connectivity index (χ0n) is 43.0. The summed E-state index contributed by atoms with van der Waals surface area (Å²) in [6.07, 6.45) is 72.3. The van der Waals surface area contributed by atoms with Gasteiger partial charge in [0, 0.05) is 6.42 Å². The van der Waals surface area contributed by atoms with Crippen molar-refractivity contribution in [2.24, 2.45) is 0 Å². The first kappa shape index (κ1) is 63.6. The Bertz CT molecular complexity index is 1540. The molecular formula is C58H97N2O6P. The van der Waals surface area contributed by atoms with Crippen molar-refractivity contribution in [3.8, 4) is 0 Å². The standard InChI is InChI=1S/C58H97N2O6P/c1-6-8-10-12-14-16-18-20-22-23-24-25-26-27-28-29-30-31-32-33-34-35-36-37-38-40-42-44-46-48-50-52-58(62)59-56(55-66-67(63,64)65-54-53-60(3,4)5)57(61)51-49-47-45-43-41-39-21-19-17-15-13-11-9-7-2/h8,10,14,16,20,22,24-25,27-28,30-31,33-34,36-37,40-43,49,51,56-57,61H,6-7,9,11-13,15,17-19,21,23,26,29,32,35,38-39,44-48,50,52-55H2,1-5H3,(H-,59,62,63,64)/b10-8-,16-14-,22-20-,25-24-,28-27-,31-30-,34-33-,37-36-,42-40-,43-41+,51-49+. The molecule has 0 saturated carbocycles. The minimum Gasteiger partial charge on any atom is -0.756 e. The Morgan fingerprint density at radius 2 is 0.925 bits per heavy atom. The second-order valence-electron chi connectivity index (χ2n) is 18.1. The Balaban J connectivity index is 4.38. The number of nitrogens with zero attached hydrogens (tertiary/aromatic N) is 1. The summed E-state index contributed by atoms with van der Waals surface area (Å²) in [6, 6.07) is -0.931. The predicted molar refractivity (Wildman–Crippen MR) is 288 cm³/mol. The number of phosphoric ester groups is 1. The van der Waals surface area contributed by atoms with Crippen LogP contribution < -0.4 is 10.2 Å². The first-order valence-corrected chi connectivity index (χ1v) is 27.5. The Hall–Kier alpha value is -3.36. The van der Waals surface area contributed by atoms with Gasteiger partial charge in [0.25, 0.3) is 7.82 Å². The molecule has 0 bridgehead atoms. The highest BCUT2D eigenvalue weighted by Crippen LogP contribution is 2.38. The van der Waals surface area contributed by atoms with E-state index in [0.717, 1.165) is 96.3 Å². The fourth-order valence-corrected chi connectivity index (χ4v) is 7.23. The molecule has 0 heterocycles. The van der Waals surface area contributed by atoms with Gasteiger partial charge in [-0.15, -0.1) is 0 Å². The largest absolute Gasteiger partial charge is 0.756 e. The fourth-order valence-electron chi connectivity index (χ4n) is 6.51. The smallest absolute Gasteiger partial charge is 0.268 e. The van der Waals surface area contributed by atoms with Gasteiger partial charge >= 0.3 is 0 Å². The Morgan fingerprint density at radius 1 is 0.537 bits per heavy atom. The molecule has 0 rings (SSSR count). The highest BCUT2D eigenvalue weighted by molar-refractivity contribution is 7.45. The molecule has 0 spiro atoms.